The lowest BCUT2D eigenvalue weighted by atomic mass is 9.98. The van der Waals surface area contributed by atoms with Crippen molar-refractivity contribution in [3.63, 3.8) is 0 Å². The molecule has 0 radical (unpaired) electrons. The zero-order chi connectivity index (χ0) is 14.8. The Bertz CT molecular complexity index is 539. The van der Waals surface area contributed by atoms with Crippen molar-refractivity contribution in [3.8, 4) is 0 Å². The molecular formula is C14H17BrN2O3. The first-order valence-corrected chi connectivity index (χ1v) is 7.31. The van der Waals surface area contributed by atoms with Crippen LogP contribution in [0.2, 0.25) is 0 Å². The highest BCUT2D eigenvalue weighted by Gasteiger charge is 2.42. The molecule has 1 aliphatic rings. The summed E-state index contributed by atoms with van der Waals surface area (Å²) in [6.45, 7) is 1.95. The third-order valence-electron chi connectivity index (χ3n) is 3.59. The van der Waals surface area contributed by atoms with Gasteiger partial charge in [-0.25, -0.2) is 9.59 Å². The van der Waals surface area contributed by atoms with Gasteiger partial charge in [0.2, 0.25) is 0 Å². The first-order valence-electron chi connectivity index (χ1n) is 6.52. The molecule has 1 saturated carbocycles. The third-order valence-corrected chi connectivity index (χ3v) is 4.25. The number of urea groups is 1. The number of halogens is 1. The number of hydrogen-bond acceptors (Lipinski definition) is 2. The summed E-state index contributed by atoms with van der Waals surface area (Å²) in [5, 5.41) is 14.6. The van der Waals surface area contributed by atoms with Crippen molar-refractivity contribution in [2.24, 2.45) is 0 Å². The first-order chi connectivity index (χ1) is 9.43. The smallest absolute Gasteiger partial charge is 0.329 e. The van der Waals surface area contributed by atoms with E-state index in [0.717, 1.165) is 22.9 Å². The first kappa shape index (κ1) is 14.8. The molecule has 0 saturated heterocycles. The second kappa shape index (κ2) is 5.83. The van der Waals surface area contributed by atoms with Gasteiger partial charge in [-0.2, -0.15) is 0 Å². The Balaban J connectivity index is 2.07. The Morgan fingerprint density at radius 1 is 1.30 bits per heavy atom. The summed E-state index contributed by atoms with van der Waals surface area (Å²) in [5.41, 5.74) is 0.564. The standard InChI is InChI=1S/C14H17BrN2O3/c1-9-4-5-11(10(15)8-9)16-13(20)17-14(12(18)19)6-2-3-7-14/h4-5,8H,2-3,6-7H2,1H3,(H,18,19)(H2,16,17,20). The normalized spacial score (nSPS) is 16.7. The zero-order valence-electron chi connectivity index (χ0n) is 11.2. The van der Waals surface area contributed by atoms with E-state index >= 15 is 0 Å². The molecule has 20 heavy (non-hydrogen) atoms. The Hall–Kier alpha value is -1.56. The molecule has 1 aliphatic carbocycles. The van der Waals surface area contributed by atoms with Crippen LogP contribution in [0.25, 0.3) is 0 Å². The lowest BCUT2D eigenvalue weighted by molar-refractivity contribution is -0.144. The number of anilines is 1. The quantitative estimate of drug-likeness (QED) is 0.789. The van der Waals surface area contributed by atoms with Crippen molar-refractivity contribution < 1.29 is 14.7 Å². The number of benzene rings is 1. The minimum Gasteiger partial charge on any atom is -0.480 e. The number of aliphatic carboxylic acids is 1. The summed E-state index contributed by atoms with van der Waals surface area (Å²) in [6, 6.07) is 5.06. The van der Waals surface area contributed by atoms with E-state index in [1.54, 1.807) is 6.07 Å². The van der Waals surface area contributed by atoms with Crippen LogP contribution < -0.4 is 10.6 Å². The predicted octanol–water partition coefficient (Wildman–Crippen LogP) is 3.28. The van der Waals surface area contributed by atoms with Gasteiger partial charge in [-0.1, -0.05) is 18.9 Å². The van der Waals surface area contributed by atoms with Crippen LogP contribution in [0, 0.1) is 6.92 Å². The fraction of sp³-hybridized carbons (Fsp3) is 0.429. The molecule has 2 rings (SSSR count). The van der Waals surface area contributed by atoms with Crippen molar-refractivity contribution in [1.82, 2.24) is 5.32 Å². The Morgan fingerprint density at radius 2 is 1.95 bits per heavy atom. The van der Waals surface area contributed by atoms with Gasteiger partial charge < -0.3 is 15.7 Å². The van der Waals surface area contributed by atoms with Gasteiger partial charge in [-0.15, -0.1) is 0 Å². The molecule has 1 aromatic rings. The van der Waals surface area contributed by atoms with Gasteiger partial charge in [0.1, 0.15) is 5.54 Å². The van der Waals surface area contributed by atoms with Crippen LogP contribution in [-0.2, 0) is 4.79 Å². The van der Waals surface area contributed by atoms with E-state index in [4.69, 9.17) is 0 Å². The van der Waals surface area contributed by atoms with E-state index in [1.807, 2.05) is 19.1 Å². The highest BCUT2D eigenvalue weighted by atomic mass is 79.9. The molecule has 0 unspecified atom stereocenters. The summed E-state index contributed by atoms with van der Waals surface area (Å²) in [7, 11) is 0. The fourth-order valence-corrected chi connectivity index (χ4v) is 3.06. The number of rotatable bonds is 3. The summed E-state index contributed by atoms with van der Waals surface area (Å²) >= 11 is 3.37. The van der Waals surface area contributed by atoms with Gasteiger partial charge in [0.25, 0.3) is 0 Å². The second-order valence-corrected chi connectivity index (χ2v) is 6.01. The maximum atomic E-state index is 12.0. The summed E-state index contributed by atoms with van der Waals surface area (Å²) in [4.78, 5) is 23.4. The van der Waals surface area contributed by atoms with Gasteiger partial charge in [0.05, 0.1) is 5.69 Å². The van der Waals surface area contributed by atoms with Gasteiger partial charge >= 0.3 is 12.0 Å². The molecule has 0 atom stereocenters. The molecule has 1 aromatic carbocycles. The second-order valence-electron chi connectivity index (χ2n) is 5.16. The molecule has 0 bridgehead atoms. The highest BCUT2D eigenvalue weighted by molar-refractivity contribution is 9.10. The molecule has 0 spiro atoms. The Morgan fingerprint density at radius 3 is 2.50 bits per heavy atom. The van der Waals surface area contributed by atoms with Crippen LogP contribution >= 0.6 is 15.9 Å². The van der Waals surface area contributed by atoms with Crippen molar-refractivity contribution >= 4 is 33.6 Å². The summed E-state index contributed by atoms with van der Waals surface area (Å²) < 4.78 is 0.767. The van der Waals surface area contributed by atoms with E-state index < -0.39 is 17.5 Å². The van der Waals surface area contributed by atoms with Gasteiger partial charge in [-0.3, -0.25) is 0 Å². The molecule has 0 aromatic heterocycles. The number of carboxylic acid groups (broad SMARTS) is 1. The van der Waals surface area contributed by atoms with Crippen molar-refractivity contribution in [2.45, 2.75) is 38.1 Å². The lowest BCUT2D eigenvalue weighted by Crippen LogP contribution is -2.53. The number of amides is 2. The Labute approximate surface area is 125 Å². The molecule has 6 heteroatoms. The summed E-state index contributed by atoms with van der Waals surface area (Å²) in [5.74, 6) is -0.965. The maximum Gasteiger partial charge on any atom is 0.329 e. The van der Waals surface area contributed by atoms with E-state index in [9.17, 15) is 14.7 Å². The predicted molar refractivity (Wildman–Crippen MR) is 79.9 cm³/mol. The van der Waals surface area contributed by atoms with E-state index in [2.05, 4.69) is 26.6 Å². The minimum absolute atomic E-state index is 0.477. The van der Waals surface area contributed by atoms with Crippen LogP contribution in [0.15, 0.2) is 22.7 Å². The number of nitrogens with one attached hydrogen (secondary N) is 2. The Kier molecular flexibility index (Phi) is 4.32. The SMILES string of the molecule is Cc1ccc(NC(=O)NC2(C(=O)O)CCCC2)c(Br)c1. The van der Waals surface area contributed by atoms with Crippen LogP contribution in [0.3, 0.4) is 0 Å². The average Bonchev–Trinajstić information content (AvgIpc) is 2.82. The van der Waals surface area contributed by atoms with E-state index in [-0.39, 0.29) is 0 Å². The van der Waals surface area contributed by atoms with Crippen LogP contribution in [-0.4, -0.2) is 22.6 Å². The number of carbonyl (C=O) groups excluding carboxylic acids is 1. The van der Waals surface area contributed by atoms with Crippen molar-refractivity contribution in [1.29, 1.82) is 0 Å². The van der Waals surface area contributed by atoms with Gasteiger partial charge in [0, 0.05) is 4.47 Å². The van der Waals surface area contributed by atoms with Crippen LogP contribution in [0.5, 0.6) is 0 Å². The fourth-order valence-electron chi connectivity index (χ4n) is 2.46. The summed E-state index contributed by atoms with van der Waals surface area (Å²) in [6.07, 6.45) is 2.59. The number of hydrogen-bond donors (Lipinski definition) is 3. The van der Waals surface area contributed by atoms with Gasteiger partial charge in [-0.05, 0) is 53.4 Å². The largest absolute Gasteiger partial charge is 0.480 e. The maximum absolute atomic E-state index is 12.0. The number of aryl methyl sites for hydroxylation is 1. The molecule has 108 valence electrons. The van der Waals surface area contributed by atoms with E-state index in [1.165, 1.54) is 0 Å². The highest BCUT2D eigenvalue weighted by Crippen LogP contribution is 2.30. The monoisotopic (exact) mass is 340 g/mol. The molecule has 0 aliphatic heterocycles. The molecule has 5 nitrogen and oxygen atoms in total. The minimum atomic E-state index is -1.12. The topological polar surface area (TPSA) is 78.4 Å². The zero-order valence-corrected chi connectivity index (χ0v) is 12.8. The van der Waals surface area contributed by atoms with Crippen molar-refractivity contribution in [3.05, 3.63) is 28.2 Å². The third kappa shape index (κ3) is 3.12. The average molecular weight is 341 g/mol. The molecule has 0 heterocycles. The van der Waals surface area contributed by atoms with Crippen LogP contribution in [0.4, 0.5) is 10.5 Å². The van der Waals surface area contributed by atoms with Crippen molar-refractivity contribution in [2.75, 3.05) is 5.32 Å². The number of carbonyl (C=O) groups is 2. The molecule has 1 fully saturated rings. The molecular weight excluding hydrogens is 324 g/mol. The van der Waals surface area contributed by atoms with E-state index in [0.29, 0.717) is 18.5 Å². The molecule has 2 amide bonds. The number of carboxylic acids is 1. The lowest BCUT2D eigenvalue weighted by Gasteiger charge is -2.25. The van der Waals surface area contributed by atoms with Crippen LogP contribution in [0.1, 0.15) is 31.2 Å². The molecule has 3 N–H and O–H groups in total. The van der Waals surface area contributed by atoms with Gasteiger partial charge in [0.15, 0.2) is 0 Å².